The van der Waals surface area contributed by atoms with Crippen LogP contribution in [-0.4, -0.2) is 211 Å². The minimum Gasteiger partial charge on any atom is -0.452 e. The van der Waals surface area contributed by atoms with Gasteiger partial charge in [-0.15, -0.1) is 0 Å². The van der Waals surface area contributed by atoms with Gasteiger partial charge in [-0.25, -0.2) is 28.8 Å². The number of carbonyl (C=O) groups excluding carboxylic acids is 6. The number of nitrogens with two attached hydrogens (primary N) is 1. The maximum Gasteiger partial charge on any atom is 0.338 e. The van der Waals surface area contributed by atoms with Gasteiger partial charge in [-0.1, -0.05) is 197 Å². The fraction of sp³-hybridized carbons (Fsp3) is 0.400. The lowest BCUT2D eigenvalue weighted by molar-refractivity contribution is -0.410. The SMILES string of the molecule is CCCCOCC1OC(OCCN)C(OC(=O)c2ccccc2)C(OC(=O)c2ccccc2)C1OC1OC2COC(c3ccccc3)OC2C(OC2OC(COCCCC)C(OC3OC4COC(c5ccccc5)OC4C(OP)C3OC(=O)c3ccccc3)C(OC(=O)c3ccccc3)C2OC(=O)c2ccccc2)C1OC(=O)c1ccccc1. The highest BCUT2D eigenvalue weighted by atomic mass is 31.0. The van der Waals surface area contributed by atoms with Crippen molar-refractivity contribution in [1.29, 1.82) is 0 Å². The molecule has 6 aliphatic rings. The Bertz CT molecular complexity index is 4500. The molecule has 23 atom stereocenters. The monoisotopic (exact) mass is 1650 g/mol. The van der Waals surface area contributed by atoms with Crippen LogP contribution in [0.5, 0.6) is 0 Å². The van der Waals surface area contributed by atoms with Crippen molar-refractivity contribution in [3.63, 3.8) is 0 Å². The first kappa shape index (κ1) is 85.8. The summed E-state index contributed by atoms with van der Waals surface area (Å²) in [5, 5.41) is 0. The van der Waals surface area contributed by atoms with Crippen LogP contribution < -0.4 is 5.73 Å². The van der Waals surface area contributed by atoms with Crippen LogP contribution in [0, 0.1) is 0 Å². The second kappa shape index (κ2) is 42.5. The molecule has 0 aliphatic carbocycles. The summed E-state index contributed by atoms with van der Waals surface area (Å²) in [6, 6.07) is 66.5. The number of fused-ring (bicyclic) bond motifs is 2. The fourth-order valence-electron chi connectivity index (χ4n) is 14.7. The van der Waals surface area contributed by atoms with Gasteiger partial charge in [0.2, 0.25) is 0 Å². The summed E-state index contributed by atoms with van der Waals surface area (Å²) in [6.45, 7) is 3.07. The van der Waals surface area contributed by atoms with Crippen LogP contribution in [-0.2, 0) is 99.3 Å². The Morgan fingerprint density at radius 1 is 0.336 bits per heavy atom. The van der Waals surface area contributed by atoms with E-state index in [0.29, 0.717) is 30.4 Å². The van der Waals surface area contributed by atoms with Crippen molar-refractivity contribution in [3.05, 3.63) is 287 Å². The van der Waals surface area contributed by atoms with Crippen LogP contribution >= 0.6 is 9.47 Å². The average molecular weight is 1650 g/mol. The molecule has 8 aromatic carbocycles. The minimum absolute atomic E-state index is 0.0181. The topological polar surface area (TPSA) is 322 Å². The Morgan fingerprint density at radius 2 is 0.622 bits per heavy atom. The van der Waals surface area contributed by atoms with E-state index in [2.05, 4.69) is 9.47 Å². The molecule has 28 nitrogen and oxygen atoms in total. The van der Waals surface area contributed by atoms with Crippen LogP contribution in [0.3, 0.4) is 0 Å². The zero-order valence-corrected chi connectivity index (χ0v) is 66.6. The van der Waals surface area contributed by atoms with Gasteiger partial charge < -0.3 is 105 Å². The van der Waals surface area contributed by atoms with Gasteiger partial charge in [0.15, 0.2) is 74.4 Å². The smallest absolute Gasteiger partial charge is 0.338 e. The van der Waals surface area contributed by atoms with Crippen molar-refractivity contribution in [2.75, 3.05) is 52.8 Å². The highest BCUT2D eigenvalue weighted by molar-refractivity contribution is 7.09. The second-order valence-electron chi connectivity index (χ2n) is 28.9. The molecule has 14 rings (SSSR count). The molecule has 6 aliphatic heterocycles. The largest absolute Gasteiger partial charge is 0.452 e. The Morgan fingerprint density at radius 3 is 0.958 bits per heavy atom. The third kappa shape index (κ3) is 21.6. The lowest BCUT2D eigenvalue weighted by Gasteiger charge is -2.53. The zero-order chi connectivity index (χ0) is 82.4. The predicted octanol–water partition coefficient (Wildman–Crippen LogP) is 11.4. The Hall–Kier alpha value is -9.63. The number of unbranched alkanes of at least 4 members (excludes halogenated alkanes) is 2. The molecule has 6 saturated heterocycles. The molecule has 29 heteroatoms. The van der Waals surface area contributed by atoms with Crippen LogP contribution in [0.2, 0.25) is 0 Å². The molecule has 2 N–H and O–H groups in total. The van der Waals surface area contributed by atoms with Crippen molar-refractivity contribution >= 4 is 45.3 Å². The van der Waals surface area contributed by atoms with Crippen LogP contribution in [0.1, 0.15) is 125 Å². The number of hydrogen-bond donors (Lipinski definition) is 1. The van der Waals surface area contributed by atoms with Crippen LogP contribution in [0.15, 0.2) is 243 Å². The summed E-state index contributed by atoms with van der Waals surface area (Å²) < 4.78 is 143. The molecule has 0 bridgehead atoms. The quantitative estimate of drug-likeness (QED) is 0.0169. The first-order valence-corrected chi connectivity index (χ1v) is 40.4. The van der Waals surface area contributed by atoms with Gasteiger partial charge in [0.1, 0.15) is 61.0 Å². The highest BCUT2D eigenvalue weighted by Gasteiger charge is 2.63. The van der Waals surface area contributed by atoms with E-state index in [0.717, 1.165) is 6.42 Å². The molecular formula is C90H96NO27P. The Kier molecular flexibility index (Phi) is 30.7. The molecule has 6 heterocycles. The molecule has 0 radical (unpaired) electrons. The Labute approximate surface area is 690 Å². The van der Waals surface area contributed by atoms with Gasteiger partial charge in [-0.05, 0) is 85.6 Å². The number of benzene rings is 8. The van der Waals surface area contributed by atoms with Gasteiger partial charge in [0, 0.05) is 40.4 Å². The first-order chi connectivity index (χ1) is 58.3. The van der Waals surface area contributed by atoms with Crippen molar-refractivity contribution < 1.29 is 128 Å². The van der Waals surface area contributed by atoms with E-state index < -0.39 is 171 Å². The van der Waals surface area contributed by atoms with E-state index in [1.165, 1.54) is 60.7 Å². The number of carbonyl (C=O) groups is 6. The van der Waals surface area contributed by atoms with E-state index in [4.69, 9.17) is 105 Å². The van der Waals surface area contributed by atoms with E-state index in [9.17, 15) is 14.4 Å². The standard InChI is InChI=1S/C90H96NO27P/c1-3-5-48-98-51-63-67(71(107-79(92)55-31-15-7-16-32-55)75(87(103-63)100-50-47-91)109-81(94)57-35-19-9-20-36-57)115-88-77(111-83(96)59-39-23-11-24-40-59)73(69-65(105-88)53-101-85(113-69)61-43-27-13-28-44-61)117-89-76(110-82(95)58-37-21-10-22-38-58)72(108-80(93)56-33-17-8-18-34-56)68(64(104-89)52-99-49-6-4-2)116-90-78(112-84(97)60-41-25-12-26-42-60)74(118-119)70-66(106-90)54-102-86(114-70)62-45-29-14-30-46-62/h7-46,63-78,85-90H,3-6,47-54,91,119H2,1-2H3. The third-order valence-corrected chi connectivity index (χ3v) is 21.0. The van der Waals surface area contributed by atoms with Crippen molar-refractivity contribution in [3.8, 4) is 0 Å². The predicted molar refractivity (Wildman–Crippen MR) is 424 cm³/mol. The number of ether oxygens (including phenoxy) is 20. The molecule has 0 aromatic heterocycles. The summed E-state index contributed by atoms with van der Waals surface area (Å²) in [5.41, 5.74) is 7.77. The van der Waals surface area contributed by atoms with Gasteiger partial charge in [-0.3, -0.25) is 0 Å². The van der Waals surface area contributed by atoms with E-state index in [-0.39, 0.29) is 86.2 Å². The van der Waals surface area contributed by atoms with Gasteiger partial charge in [-0.2, -0.15) is 0 Å². The normalized spacial score (nSPS) is 29.1. The van der Waals surface area contributed by atoms with Crippen molar-refractivity contribution in [2.24, 2.45) is 5.73 Å². The van der Waals surface area contributed by atoms with E-state index in [1.54, 1.807) is 146 Å². The maximum absolute atomic E-state index is 15.5. The fourth-order valence-corrected chi connectivity index (χ4v) is 15.0. The van der Waals surface area contributed by atoms with Crippen molar-refractivity contribution in [1.82, 2.24) is 0 Å². The summed E-state index contributed by atoms with van der Waals surface area (Å²) in [4.78, 5) is 90.8. The molecule has 0 amide bonds. The molecule has 6 fully saturated rings. The number of rotatable bonds is 34. The van der Waals surface area contributed by atoms with E-state index >= 15 is 14.4 Å². The van der Waals surface area contributed by atoms with Crippen LogP contribution in [0.25, 0.3) is 0 Å². The summed E-state index contributed by atoms with van der Waals surface area (Å²) in [7, 11) is 2.24. The Balaban J connectivity index is 0.924. The van der Waals surface area contributed by atoms with Gasteiger partial charge in [0.05, 0.1) is 66.4 Å². The lowest BCUT2D eigenvalue weighted by atomic mass is 9.94. The molecule has 8 aromatic rings. The van der Waals surface area contributed by atoms with Gasteiger partial charge in [0.25, 0.3) is 0 Å². The molecular weight excluding hydrogens is 1560 g/mol. The first-order valence-electron chi connectivity index (χ1n) is 40.0. The maximum atomic E-state index is 15.5. The third-order valence-electron chi connectivity index (χ3n) is 20.7. The molecule has 23 unspecified atom stereocenters. The summed E-state index contributed by atoms with van der Waals surface area (Å²) in [5.74, 6) is -5.49. The highest BCUT2D eigenvalue weighted by Crippen LogP contribution is 2.45. The summed E-state index contributed by atoms with van der Waals surface area (Å²) >= 11 is 0. The summed E-state index contributed by atoms with van der Waals surface area (Å²) in [6.07, 6.45) is -31.4. The molecule has 628 valence electrons. The number of esters is 6. The van der Waals surface area contributed by atoms with Gasteiger partial charge >= 0.3 is 35.8 Å². The van der Waals surface area contributed by atoms with E-state index in [1.807, 2.05) is 50.2 Å². The molecule has 0 spiro atoms. The minimum atomic E-state index is -2.01. The molecule has 0 saturated carbocycles. The number of hydrogen-bond acceptors (Lipinski definition) is 28. The van der Waals surface area contributed by atoms with Crippen molar-refractivity contribution in [2.45, 2.75) is 175 Å². The lowest BCUT2D eigenvalue weighted by Crippen LogP contribution is -2.70. The average Bonchev–Trinajstić information content (AvgIpc) is 0.747. The van der Waals surface area contributed by atoms with Crippen LogP contribution in [0.4, 0.5) is 0 Å². The molecule has 119 heavy (non-hydrogen) atoms. The zero-order valence-electron chi connectivity index (χ0n) is 65.5. The second-order valence-corrected chi connectivity index (χ2v) is 29.1.